The zero-order chi connectivity index (χ0) is 13.5. The lowest BCUT2D eigenvalue weighted by Crippen LogP contribution is -2.28. The maximum atomic E-state index is 12.7. The fraction of sp³-hybridized carbons (Fsp3) is 0.364. The third kappa shape index (κ3) is 3.44. The summed E-state index contributed by atoms with van der Waals surface area (Å²) in [6.45, 7) is 1.70. The van der Waals surface area contributed by atoms with Crippen LogP contribution in [0.25, 0.3) is 10.4 Å². The van der Waals surface area contributed by atoms with Gasteiger partial charge in [-0.25, -0.2) is 4.39 Å². The third-order valence-corrected chi connectivity index (χ3v) is 2.21. The molecule has 0 unspecified atom stereocenters. The van der Waals surface area contributed by atoms with Gasteiger partial charge in [-0.3, -0.25) is 4.79 Å². The lowest BCUT2D eigenvalue weighted by molar-refractivity contribution is -0.147. The average Bonchev–Trinajstić information content (AvgIpc) is 2.36. The maximum absolute atomic E-state index is 12.7. The molecule has 1 aromatic carbocycles. The number of halogens is 1. The molecule has 1 rings (SSSR count). The second-order valence-corrected chi connectivity index (χ2v) is 3.40. The molecule has 2 atom stereocenters. The van der Waals surface area contributed by atoms with Crippen molar-refractivity contribution in [3.63, 3.8) is 0 Å². The van der Waals surface area contributed by atoms with Gasteiger partial charge in [-0.1, -0.05) is 17.2 Å². The summed E-state index contributed by atoms with van der Waals surface area (Å²) >= 11 is 0. The first-order chi connectivity index (χ1) is 8.60. The fourth-order valence-electron chi connectivity index (χ4n) is 1.36. The van der Waals surface area contributed by atoms with E-state index in [0.717, 1.165) is 12.1 Å². The molecule has 96 valence electrons. The number of esters is 1. The van der Waals surface area contributed by atoms with E-state index in [2.05, 4.69) is 14.8 Å². The van der Waals surface area contributed by atoms with E-state index in [1.165, 1.54) is 12.1 Å². The van der Waals surface area contributed by atoms with Gasteiger partial charge in [-0.05, 0) is 30.2 Å². The van der Waals surface area contributed by atoms with E-state index in [-0.39, 0.29) is 12.2 Å². The Morgan fingerprint density at radius 2 is 2.17 bits per heavy atom. The SMILES string of the molecule is CCOC(=O)[C@@H](N=[N+]=[N-])[C@H](O)c1ccc(F)cc1. The van der Waals surface area contributed by atoms with E-state index in [4.69, 9.17) is 5.53 Å². The van der Waals surface area contributed by atoms with Crippen LogP contribution in [0.1, 0.15) is 18.6 Å². The molecule has 1 aromatic rings. The zero-order valence-corrected chi connectivity index (χ0v) is 9.65. The van der Waals surface area contributed by atoms with E-state index in [1.54, 1.807) is 6.92 Å². The molecule has 1 N–H and O–H groups in total. The molecule has 0 amide bonds. The predicted octanol–water partition coefficient (Wildman–Crippen LogP) is 2.10. The number of hydrogen-bond acceptors (Lipinski definition) is 4. The molecule has 0 aliphatic rings. The summed E-state index contributed by atoms with van der Waals surface area (Å²) in [6.07, 6.45) is -1.37. The highest BCUT2D eigenvalue weighted by molar-refractivity contribution is 5.77. The lowest BCUT2D eigenvalue weighted by atomic mass is 10.0. The molecule has 6 nitrogen and oxygen atoms in total. The van der Waals surface area contributed by atoms with E-state index in [1.807, 2.05) is 0 Å². The quantitative estimate of drug-likeness (QED) is 0.376. The Bertz CT molecular complexity index is 457. The molecule has 7 heteroatoms. The Hall–Kier alpha value is -2.11. The molecule has 0 saturated carbocycles. The summed E-state index contributed by atoms with van der Waals surface area (Å²) in [5, 5.41) is 13.1. The van der Waals surface area contributed by atoms with Gasteiger partial charge in [0.25, 0.3) is 0 Å². The predicted molar refractivity (Wildman–Crippen MR) is 60.9 cm³/mol. The first-order valence-corrected chi connectivity index (χ1v) is 5.24. The van der Waals surface area contributed by atoms with Crippen LogP contribution in [0.15, 0.2) is 29.4 Å². The molecule has 0 fully saturated rings. The molecule has 0 saturated heterocycles. The van der Waals surface area contributed by atoms with Crippen LogP contribution in [0.5, 0.6) is 0 Å². The van der Waals surface area contributed by atoms with Crippen molar-refractivity contribution < 1.29 is 19.0 Å². The number of carbonyl (C=O) groups is 1. The second kappa shape index (κ2) is 6.58. The molecular formula is C11H12FN3O3. The summed E-state index contributed by atoms with van der Waals surface area (Å²) in [5.74, 6) is -1.30. The Morgan fingerprint density at radius 3 is 2.67 bits per heavy atom. The molecular weight excluding hydrogens is 241 g/mol. The van der Waals surface area contributed by atoms with E-state index < -0.39 is 23.9 Å². The third-order valence-electron chi connectivity index (χ3n) is 2.21. The van der Waals surface area contributed by atoms with Crippen molar-refractivity contribution in [1.82, 2.24) is 0 Å². The monoisotopic (exact) mass is 253 g/mol. The molecule has 0 bridgehead atoms. The van der Waals surface area contributed by atoms with Gasteiger partial charge in [0.1, 0.15) is 5.82 Å². The lowest BCUT2D eigenvalue weighted by Gasteiger charge is -2.17. The highest BCUT2D eigenvalue weighted by atomic mass is 19.1. The zero-order valence-electron chi connectivity index (χ0n) is 9.65. The second-order valence-electron chi connectivity index (χ2n) is 3.40. The molecule has 0 spiro atoms. The van der Waals surface area contributed by atoms with E-state index in [9.17, 15) is 14.3 Å². The smallest absolute Gasteiger partial charge is 0.317 e. The highest BCUT2D eigenvalue weighted by Gasteiger charge is 2.28. The fourth-order valence-corrected chi connectivity index (χ4v) is 1.36. The molecule has 0 radical (unpaired) electrons. The minimum atomic E-state index is -1.39. The number of aliphatic hydroxyl groups excluding tert-OH is 1. The van der Waals surface area contributed by atoms with Crippen molar-refractivity contribution in [2.24, 2.45) is 5.11 Å². The molecule has 0 aliphatic carbocycles. The van der Waals surface area contributed by atoms with Crippen molar-refractivity contribution >= 4 is 5.97 Å². The van der Waals surface area contributed by atoms with Crippen molar-refractivity contribution in [2.45, 2.75) is 19.1 Å². The molecule has 18 heavy (non-hydrogen) atoms. The summed E-state index contributed by atoms with van der Waals surface area (Å²) in [7, 11) is 0. The Morgan fingerprint density at radius 1 is 1.56 bits per heavy atom. The van der Waals surface area contributed by atoms with Crippen LogP contribution in [0.3, 0.4) is 0 Å². The van der Waals surface area contributed by atoms with Crippen LogP contribution in [-0.2, 0) is 9.53 Å². The first kappa shape index (κ1) is 14.0. The summed E-state index contributed by atoms with van der Waals surface area (Å²) in [6, 6.07) is 3.49. The van der Waals surface area contributed by atoms with Gasteiger partial charge in [0.15, 0.2) is 6.04 Å². The van der Waals surface area contributed by atoms with Crippen LogP contribution >= 0.6 is 0 Å². The summed E-state index contributed by atoms with van der Waals surface area (Å²) in [5.41, 5.74) is 8.64. The number of azide groups is 1. The van der Waals surface area contributed by atoms with Gasteiger partial charge in [0.05, 0.1) is 12.7 Å². The Labute approximate surface area is 103 Å². The van der Waals surface area contributed by atoms with Gasteiger partial charge in [-0.15, -0.1) is 0 Å². The van der Waals surface area contributed by atoms with Crippen LogP contribution in [0.4, 0.5) is 4.39 Å². The minimum absolute atomic E-state index is 0.104. The maximum Gasteiger partial charge on any atom is 0.317 e. The number of aliphatic hydroxyl groups is 1. The van der Waals surface area contributed by atoms with Crippen LogP contribution in [0.2, 0.25) is 0 Å². The summed E-state index contributed by atoms with van der Waals surface area (Å²) in [4.78, 5) is 14.0. The standard InChI is InChI=1S/C11H12FN3O3/c1-2-18-11(17)9(14-15-13)10(16)7-3-5-8(12)6-4-7/h3-6,9-10,16H,2H2,1H3/t9-,10+/m0/s1. The van der Waals surface area contributed by atoms with Gasteiger partial charge in [-0.2, -0.15) is 0 Å². The number of benzene rings is 1. The minimum Gasteiger partial charge on any atom is -0.466 e. The van der Waals surface area contributed by atoms with E-state index >= 15 is 0 Å². The molecule has 0 aliphatic heterocycles. The topological polar surface area (TPSA) is 95.3 Å². The number of hydrogen-bond donors (Lipinski definition) is 1. The van der Waals surface area contributed by atoms with Gasteiger partial charge < -0.3 is 9.84 Å². The number of ether oxygens (including phenoxy) is 1. The Balaban J connectivity index is 2.95. The molecule has 0 aromatic heterocycles. The summed E-state index contributed by atoms with van der Waals surface area (Å²) < 4.78 is 17.4. The normalized spacial score (nSPS) is 13.3. The highest BCUT2D eigenvalue weighted by Crippen LogP contribution is 2.21. The molecule has 0 heterocycles. The van der Waals surface area contributed by atoms with Crippen LogP contribution < -0.4 is 0 Å². The first-order valence-electron chi connectivity index (χ1n) is 5.24. The average molecular weight is 253 g/mol. The van der Waals surface area contributed by atoms with Gasteiger partial charge in [0.2, 0.25) is 0 Å². The number of rotatable bonds is 5. The van der Waals surface area contributed by atoms with E-state index in [0.29, 0.717) is 0 Å². The Kier molecular flexibility index (Phi) is 5.10. The van der Waals surface area contributed by atoms with Crippen molar-refractivity contribution in [1.29, 1.82) is 0 Å². The van der Waals surface area contributed by atoms with Crippen molar-refractivity contribution in [3.8, 4) is 0 Å². The number of carbonyl (C=O) groups excluding carboxylic acids is 1. The largest absolute Gasteiger partial charge is 0.466 e. The number of nitrogens with zero attached hydrogens (tertiary/aromatic N) is 3. The van der Waals surface area contributed by atoms with Crippen molar-refractivity contribution in [3.05, 3.63) is 46.1 Å². The van der Waals surface area contributed by atoms with Crippen LogP contribution in [0, 0.1) is 5.82 Å². The van der Waals surface area contributed by atoms with Crippen molar-refractivity contribution in [2.75, 3.05) is 6.61 Å². The van der Waals surface area contributed by atoms with Gasteiger partial charge in [0, 0.05) is 4.91 Å². The van der Waals surface area contributed by atoms with Crippen LogP contribution in [-0.4, -0.2) is 23.7 Å². The van der Waals surface area contributed by atoms with Gasteiger partial charge >= 0.3 is 5.97 Å².